The second-order valence-electron chi connectivity index (χ2n) is 3.85. The first-order chi connectivity index (χ1) is 6.22. The lowest BCUT2D eigenvalue weighted by atomic mass is 10.1. The standard InChI is InChI=1S/C10H16O3/c1-8(2)9-7-12-10(13-9)3-5-11-6-4-10/h1,8-9H,3-7H2,2H3. The SMILES string of the molecule is [CH]C(C)C1COC2(CCOCC2)O1. The maximum absolute atomic E-state index is 5.82. The second-order valence-corrected chi connectivity index (χ2v) is 3.85. The fourth-order valence-corrected chi connectivity index (χ4v) is 1.78. The molecule has 0 bridgehead atoms. The van der Waals surface area contributed by atoms with E-state index < -0.39 is 0 Å². The summed E-state index contributed by atoms with van der Waals surface area (Å²) in [5, 5.41) is 0. The molecule has 74 valence electrons. The lowest BCUT2D eigenvalue weighted by molar-refractivity contribution is -0.213. The van der Waals surface area contributed by atoms with Crippen LogP contribution in [-0.2, 0) is 14.2 Å². The van der Waals surface area contributed by atoms with E-state index in [0.29, 0.717) is 6.61 Å². The fourth-order valence-electron chi connectivity index (χ4n) is 1.78. The van der Waals surface area contributed by atoms with Crippen molar-refractivity contribution in [3.63, 3.8) is 0 Å². The van der Waals surface area contributed by atoms with Crippen LogP contribution in [0, 0.1) is 12.8 Å². The molecule has 2 aliphatic rings. The van der Waals surface area contributed by atoms with E-state index in [9.17, 15) is 0 Å². The molecule has 2 atom stereocenters. The van der Waals surface area contributed by atoms with Crippen molar-refractivity contribution in [3.8, 4) is 0 Å². The van der Waals surface area contributed by atoms with Crippen LogP contribution >= 0.6 is 0 Å². The van der Waals surface area contributed by atoms with Crippen LogP contribution in [0.5, 0.6) is 0 Å². The minimum Gasteiger partial charge on any atom is -0.381 e. The minimum atomic E-state index is -0.378. The predicted molar refractivity (Wildman–Crippen MR) is 47.1 cm³/mol. The highest BCUT2D eigenvalue weighted by molar-refractivity contribution is 4.84. The Labute approximate surface area is 79.4 Å². The van der Waals surface area contributed by atoms with Gasteiger partial charge >= 0.3 is 0 Å². The Hall–Kier alpha value is -0.120. The molecular formula is C10H16O3. The summed E-state index contributed by atoms with van der Waals surface area (Å²) in [5.74, 6) is -0.335. The third-order valence-corrected chi connectivity index (χ3v) is 2.72. The van der Waals surface area contributed by atoms with Crippen LogP contribution in [0.2, 0.25) is 0 Å². The Morgan fingerprint density at radius 2 is 2.08 bits per heavy atom. The highest BCUT2D eigenvalue weighted by Crippen LogP contribution is 2.35. The van der Waals surface area contributed by atoms with E-state index >= 15 is 0 Å². The predicted octanol–water partition coefficient (Wildman–Crippen LogP) is 1.26. The first-order valence-corrected chi connectivity index (χ1v) is 4.87. The molecule has 0 saturated carbocycles. The first-order valence-electron chi connectivity index (χ1n) is 4.87. The van der Waals surface area contributed by atoms with Gasteiger partial charge in [0.25, 0.3) is 0 Å². The summed E-state index contributed by atoms with van der Waals surface area (Å²) in [7, 11) is 0. The molecule has 2 saturated heterocycles. The minimum absolute atomic E-state index is 0.0437. The van der Waals surface area contributed by atoms with Gasteiger partial charge in [0.1, 0.15) is 0 Å². The molecule has 3 heteroatoms. The topological polar surface area (TPSA) is 27.7 Å². The summed E-state index contributed by atoms with van der Waals surface area (Å²) in [6.45, 7) is 9.78. The fraction of sp³-hybridized carbons (Fsp3) is 0.900. The molecular weight excluding hydrogens is 168 g/mol. The van der Waals surface area contributed by atoms with Gasteiger partial charge in [-0.05, 0) is 12.8 Å². The van der Waals surface area contributed by atoms with E-state index in [2.05, 4.69) is 0 Å². The molecule has 0 aromatic carbocycles. The van der Waals surface area contributed by atoms with Crippen molar-refractivity contribution < 1.29 is 14.2 Å². The third-order valence-electron chi connectivity index (χ3n) is 2.72. The lowest BCUT2D eigenvalue weighted by Crippen LogP contribution is -2.38. The summed E-state index contributed by atoms with van der Waals surface area (Å²) in [5.41, 5.74) is 0. The van der Waals surface area contributed by atoms with Gasteiger partial charge in [0.15, 0.2) is 5.79 Å². The van der Waals surface area contributed by atoms with E-state index in [1.54, 1.807) is 0 Å². The molecule has 0 aromatic rings. The zero-order valence-electron chi connectivity index (χ0n) is 7.99. The van der Waals surface area contributed by atoms with Gasteiger partial charge in [-0.15, -0.1) is 0 Å². The average molecular weight is 184 g/mol. The normalized spacial score (nSPS) is 33.0. The quantitative estimate of drug-likeness (QED) is 0.614. The van der Waals surface area contributed by atoms with Crippen LogP contribution in [0.15, 0.2) is 0 Å². The van der Waals surface area contributed by atoms with Crippen molar-refractivity contribution in [3.05, 3.63) is 6.92 Å². The van der Waals surface area contributed by atoms with E-state index in [0.717, 1.165) is 26.1 Å². The maximum atomic E-state index is 5.82. The van der Waals surface area contributed by atoms with Gasteiger partial charge in [-0.25, -0.2) is 0 Å². The van der Waals surface area contributed by atoms with E-state index in [-0.39, 0.29) is 17.8 Å². The molecule has 2 unspecified atom stereocenters. The molecule has 2 aliphatic heterocycles. The smallest absolute Gasteiger partial charge is 0.173 e. The number of hydrogen-bond acceptors (Lipinski definition) is 3. The molecule has 3 nitrogen and oxygen atoms in total. The van der Waals surface area contributed by atoms with Crippen molar-refractivity contribution in [1.82, 2.24) is 0 Å². The van der Waals surface area contributed by atoms with Gasteiger partial charge in [-0.3, -0.25) is 0 Å². The van der Waals surface area contributed by atoms with Crippen molar-refractivity contribution in [1.29, 1.82) is 0 Å². The molecule has 0 aliphatic carbocycles. The van der Waals surface area contributed by atoms with Gasteiger partial charge < -0.3 is 14.2 Å². The van der Waals surface area contributed by atoms with Crippen LogP contribution in [0.1, 0.15) is 19.8 Å². The molecule has 0 amide bonds. The van der Waals surface area contributed by atoms with Gasteiger partial charge in [0.2, 0.25) is 0 Å². The Kier molecular flexibility index (Phi) is 2.58. The zero-order valence-corrected chi connectivity index (χ0v) is 7.99. The Bertz CT molecular complexity index is 173. The van der Waals surface area contributed by atoms with Crippen LogP contribution < -0.4 is 0 Å². The highest BCUT2D eigenvalue weighted by Gasteiger charge is 2.43. The van der Waals surface area contributed by atoms with Crippen molar-refractivity contribution in [2.45, 2.75) is 31.7 Å². The summed E-state index contributed by atoms with van der Waals surface area (Å²) in [4.78, 5) is 0. The molecule has 2 radical (unpaired) electrons. The molecule has 2 rings (SSSR count). The van der Waals surface area contributed by atoms with Gasteiger partial charge in [0.05, 0.1) is 25.9 Å². The first kappa shape index (κ1) is 9.44. The van der Waals surface area contributed by atoms with Crippen LogP contribution in [0.25, 0.3) is 0 Å². The van der Waals surface area contributed by atoms with E-state index in [1.807, 2.05) is 6.92 Å². The summed E-state index contributed by atoms with van der Waals surface area (Å²) < 4.78 is 16.8. The third kappa shape index (κ3) is 1.87. The Morgan fingerprint density at radius 1 is 1.38 bits per heavy atom. The largest absolute Gasteiger partial charge is 0.381 e. The number of hydrogen-bond donors (Lipinski definition) is 0. The van der Waals surface area contributed by atoms with Gasteiger partial charge in [0, 0.05) is 12.8 Å². The van der Waals surface area contributed by atoms with Crippen LogP contribution in [0.3, 0.4) is 0 Å². The summed E-state index contributed by atoms with van der Waals surface area (Å²) in [6, 6.07) is 0. The lowest BCUT2D eigenvalue weighted by Gasteiger charge is -2.32. The molecule has 2 heterocycles. The van der Waals surface area contributed by atoms with E-state index in [1.165, 1.54) is 0 Å². The molecule has 2 fully saturated rings. The molecule has 0 aromatic heterocycles. The molecule has 13 heavy (non-hydrogen) atoms. The summed E-state index contributed by atoms with van der Waals surface area (Å²) >= 11 is 0. The highest BCUT2D eigenvalue weighted by atomic mass is 16.7. The molecule has 0 N–H and O–H groups in total. The number of rotatable bonds is 1. The van der Waals surface area contributed by atoms with Crippen molar-refractivity contribution in [2.75, 3.05) is 19.8 Å². The zero-order chi connectivity index (χ0) is 9.31. The Balaban J connectivity index is 1.94. The number of ether oxygens (including phenoxy) is 3. The van der Waals surface area contributed by atoms with E-state index in [4.69, 9.17) is 21.1 Å². The van der Waals surface area contributed by atoms with Crippen molar-refractivity contribution >= 4 is 0 Å². The monoisotopic (exact) mass is 184 g/mol. The van der Waals surface area contributed by atoms with Crippen molar-refractivity contribution in [2.24, 2.45) is 5.92 Å². The molecule has 1 spiro atoms. The maximum Gasteiger partial charge on any atom is 0.173 e. The van der Waals surface area contributed by atoms with Gasteiger partial charge in [-0.1, -0.05) is 6.92 Å². The van der Waals surface area contributed by atoms with Crippen LogP contribution in [-0.4, -0.2) is 31.7 Å². The Morgan fingerprint density at radius 3 is 2.62 bits per heavy atom. The summed E-state index contributed by atoms with van der Waals surface area (Å²) in [6.07, 6.45) is 1.71. The van der Waals surface area contributed by atoms with Gasteiger partial charge in [-0.2, -0.15) is 0 Å². The second kappa shape index (κ2) is 3.56. The van der Waals surface area contributed by atoms with Crippen LogP contribution in [0.4, 0.5) is 0 Å². The average Bonchev–Trinajstić information content (AvgIpc) is 2.51.